The van der Waals surface area contributed by atoms with Crippen molar-refractivity contribution >= 4 is 34.7 Å². The van der Waals surface area contributed by atoms with Crippen molar-refractivity contribution in [2.24, 2.45) is 0 Å². The first-order chi connectivity index (χ1) is 15.5. The minimum atomic E-state index is -0.339. The van der Waals surface area contributed by atoms with E-state index in [4.69, 9.17) is 21.1 Å². The number of amides is 2. The molecule has 168 valence electrons. The molecule has 0 unspecified atom stereocenters. The number of hydrogen-bond donors (Lipinski definition) is 1. The van der Waals surface area contributed by atoms with Crippen LogP contribution in [0.4, 0.5) is 5.69 Å². The predicted octanol–water partition coefficient (Wildman–Crippen LogP) is 3.18. The van der Waals surface area contributed by atoms with Crippen molar-refractivity contribution < 1.29 is 19.1 Å². The Morgan fingerprint density at radius 2 is 1.75 bits per heavy atom. The summed E-state index contributed by atoms with van der Waals surface area (Å²) < 4.78 is 10.6. The van der Waals surface area contributed by atoms with Crippen molar-refractivity contribution in [3.63, 3.8) is 0 Å². The third-order valence-electron chi connectivity index (χ3n) is 5.75. The van der Waals surface area contributed by atoms with Crippen LogP contribution in [-0.2, 0) is 14.3 Å². The second-order valence-electron chi connectivity index (χ2n) is 7.78. The summed E-state index contributed by atoms with van der Waals surface area (Å²) in [6.45, 7) is 5.76. The van der Waals surface area contributed by atoms with Crippen LogP contribution in [0.25, 0.3) is 5.57 Å². The molecular formula is C24H26ClN3O4. The summed E-state index contributed by atoms with van der Waals surface area (Å²) in [4.78, 5) is 30.3. The van der Waals surface area contributed by atoms with Gasteiger partial charge in [-0.25, -0.2) is 0 Å². The van der Waals surface area contributed by atoms with Gasteiger partial charge in [-0.1, -0.05) is 29.8 Å². The molecule has 0 bridgehead atoms. The highest BCUT2D eigenvalue weighted by Gasteiger charge is 2.39. The number of rotatable bonds is 7. The van der Waals surface area contributed by atoms with Crippen LogP contribution in [0.1, 0.15) is 11.1 Å². The van der Waals surface area contributed by atoms with Crippen LogP contribution in [-0.4, -0.2) is 68.1 Å². The number of imide groups is 1. The maximum atomic E-state index is 13.4. The van der Waals surface area contributed by atoms with Gasteiger partial charge in [-0.2, -0.15) is 0 Å². The molecule has 0 aromatic heterocycles. The monoisotopic (exact) mass is 455 g/mol. The van der Waals surface area contributed by atoms with Crippen LogP contribution >= 0.6 is 11.6 Å². The average molecular weight is 456 g/mol. The fourth-order valence-electron chi connectivity index (χ4n) is 3.85. The van der Waals surface area contributed by atoms with Gasteiger partial charge in [0.25, 0.3) is 11.8 Å². The third-order valence-corrected chi connectivity index (χ3v) is 5.98. The molecule has 8 heteroatoms. The molecule has 2 aliphatic rings. The summed E-state index contributed by atoms with van der Waals surface area (Å²) in [5.41, 5.74) is 2.87. The molecule has 0 saturated carbocycles. The quantitative estimate of drug-likeness (QED) is 0.646. The molecule has 2 heterocycles. The van der Waals surface area contributed by atoms with E-state index < -0.39 is 0 Å². The summed E-state index contributed by atoms with van der Waals surface area (Å²) in [6, 6.07) is 12.5. The van der Waals surface area contributed by atoms with E-state index in [2.05, 4.69) is 10.2 Å². The lowest BCUT2D eigenvalue weighted by Crippen LogP contribution is -2.43. The normalized spacial score (nSPS) is 17.3. The zero-order valence-corrected chi connectivity index (χ0v) is 18.9. The van der Waals surface area contributed by atoms with Gasteiger partial charge in [0.05, 0.1) is 25.9 Å². The van der Waals surface area contributed by atoms with Crippen molar-refractivity contribution in [2.45, 2.75) is 6.92 Å². The highest BCUT2D eigenvalue weighted by molar-refractivity contribution is 6.36. The summed E-state index contributed by atoms with van der Waals surface area (Å²) in [6.07, 6.45) is 0. The molecule has 0 atom stereocenters. The Bertz CT molecular complexity index is 1050. The molecule has 7 nitrogen and oxygen atoms in total. The Balaban J connectivity index is 1.65. The van der Waals surface area contributed by atoms with Crippen LogP contribution < -0.4 is 10.1 Å². The number of carbonyl (C=O) groups excluding carboxylic acids is 2. The molecule has 1 saturated heterocycles. The van der Waals surface area contributed by atoms with Gasteiger partial charge >= 0.3 is 0 Å². The standard InChI is InChI=1S/C24H26ClN3O4/c1-16-3-6-18(25)15-20(16)26-22-21(17-4-7-19(31-2)8-5-17)23(29)28(24(22)30)10-9-27-11-13-32-14-12-27/h3-8,15,26H,9-14H2,1-2H3. The molecule has 0 aliphatic carbocycles. The molecular weight excluding hydrogens is 430 g/mol. The lowest BCUT2D eigenvalue weighted by molar-refractivity contribution is -0.137. The van der Waals surface area contributed by atoms with E-state index in [0.717, 1.165) is 18.7 Å². The van der Waals surface area contributed by atoms with Crippen LogP contribution in [0.15, 0.2) is 48.2 Å². The third kappa shape index (κ3) is 4.65. The van der Waals surface area contributed by atoms with Gasteiger partial charge in [-0.05, 0) is 42.3 Å². The van der Waals surface area contributed by atoms with Crippen LogP contribution in [0.3, 0.4) is 0 Å². The van der Waals surface area contributed by atoms with Crippen LogP contribution in [0.5, 0.6) is 5.75 Å². The minimum Gasteiger partial charge on any atom is -0.497 e. The number of morpholine rings is 1. The molecule has 2 amide bonds. The Labute approximate surface area is 192 Å². The first-order valence-corrected chi connectivity index (χ1v) is 10.9. The number of nitrogens with zero attached hydrogens (tertiary/aromatic N) is 2. The van der Waals surface area contributed by atoms with Crippen molar-refractivity contribution in [1.82, 2.24) is 9.80 Å². The van der Waals surface area contributed by atoms with Gasteiger partial charge in [0.2, 0.25) is 0 Å². The minimum absolute atomic E-state index is 0.257. The molecule has 2 aromatic rings. The molecule has 4 rings (SSSR count). The summed E-state index contributed by atoms with van der Waals surface area (Å²) in [5.74, 6) is 0.0274. The smallest absolute Gasteiger partial charge is 0.278 e. The number of methoxy groups -OCH3 is 1. The maximum absolute atomic E-state index is 13.4. The van der Waals surface area contributed by atoms with Crippen molar-refractivity contribution in [3.8, 4) is 5.75 Å². The molecule has 0 radical (unpaired) electrons. The highest BCUT2D eigenvalue weighted by atomic mass is 35.5. The second kappa shape index (κ2) is 9.73. The molecule has 1 fully saturated rings. The summed E-state index contributed by atoms with van der Waals surface area (Å²) in [5, 5.41) is 3.74. The highest BCUT2D eigenvalue weighted by Crippen LogP contribution is 2.32. The number of hydrogen-bond acceptors (Lipinski definition) is 6. The SMILES string of the molecule is COc1ccc(C2=C(Nc3cc(Cl)ccc3C)C(=O)N(CCN3CCOCC3)C2=O)cc1. The number of nitrogens with one attached hydrogen (secondary N) is 1. The Morgan fingerprint density at radius 3 is 2.44 bits per heavy atom. The largest absolute Gasteiger partial charge is 0.497 e. The van der Waals surface area contributed by atoms with Gasteiger partial charge in [0.1, 0.15) is 11.4 Å². The average Bonchev–Trinajstić information content (AvgIpc) is 3.04. The number of anilines is 1. The van der Waals surface area contributed by atoms with E-state index in [-0.39, 0.29) is 17.5 Å². The van der Waals surface area contributed by atoms with E-state index in [0.29, 0.717) is 53.9 Å². The van der Waals surface area contributed by atoms with Crippen molar-refractivity contribution in [3.05, 3.63) is 64.3 Å². The Kier molecular flexibility index (Phi) is 6.79. The number of ether oxygens (including phenoxy) is 2. The zero-order valence-electron chi connectivity index (χ0n) is 18.2. The molecule has 2 aromatic carbocycles. The fourth-order valence-corrected chi connectivity index (χ4v) is 4.02. The molecule has 0 spiro atoms. The van der Waals surface area contributed by atoms with Crippen LogP contribution in [0.2, 0.25) is 5.02 Å². The fraction of sp³-hybridized carbons (Fsp3) is 0.333. The van der Waals surface area contributed by atoms with Gasteiger partial charge in [-0.15, -0.1) is 0 Å². The Morgan fingerprint density at radius 1 is 1.03 bits per heavy atom. The summed E-state index contributed by atoms with van der Waals surface area (Å²) >= 11 is 6.17. The van der Waals surface area contributed by atoms with E-state index in [1.54, 1.807) is 43.5 Å². The number of carbonyl (C=O) groups is 2. The summed E-state index contributed by atoms with van der Waals surface area (Å²) in [7, 11) is 1.58. The van der Waals surface area contributed by atoms with Gasteiger partial charge in [-0.3, -0.25) is 19.4 Å². The zero-order chi connectivity index (χ0) is 22.7. The van der Waals surface area contributed by atoms with Gasteiger partial charge < -0.3 is 14.8 Å². The number of aryl methyl sites for hydroxylation is 1. The first-order valence-electron chi connectivity index (χ1n) is 10.6. The maximum Gasteiger partial charge on any atom is 0.278 e. The lowest BCUT2D eigenvalue weighted by Gasteiger charge is -2.28. The second-order valence-corrected chi connectivity index (χ2v) is 8.22. The van der Waals surface area contributed by atoms with E-state index in [1.807, 2.05) is 13.0 Å². The van der Waals surface area contributed by atoms with Crippen molar-refractivity contribution in [2.75, 3.05) is 51.8 Å². The van der Waals surface area contributed by atoms with Gasteiger partial charge in [0.15, 0.2) is 0 Å². The van der Waals surface area contributed by atoms with E-state index in [9.17, 15) is 9.59 Å². The van der Waals surface area contributed by atoms with E-state index >= 15 is 0 Å². The molecule has 1 N–H and O–H groups in total. The predicted molar refractivity (Wildman–Crippen MR) is 124 cm³/mol. The number of benzene rings is 2. The molecule has 32 heavy (non-hydrogen) atoms. The topological polar surface area (TPSA) is 71.1 Å². The van der Waals surface area contributed by atoms with Crippen LogP contribution in [0, 0.1) is 6.92 Å². The molecule has 2 aliphatic heterocycles. The number of halogens is 1. The first kappa shape index (κ1) is 22.3. The Hall–Kier alpha value is -2.87. The van der Waals surface area contributed by atoms with Crippen molar-refractivity contribution in [1.29, 1.82) is 0 Å². The van der Waals surface area contributed by atoms with Gasteiger partial charge in [0, 0.05) is 36.9 Å². The lowest BCUT2D eigenvalue weighted by atomic mass is 10.0. The van der Waals surface area contributed by atoms with E-state index in [1.165, 1.54) is 4.90 Å².